The van der Waals surface area contributed by atoms with Crippen molar-refractivity contribution in [2.24, 2.45) is 0 Å². The molecule has 2 heteroatoms. The van der Waals surface area contributed by atoms with Crippen molar-refractivity contribution in [2.45, 2.75) is 32.1 Å². The fraction of sp³-hybridized carbons (Fsp3) is 0.294. The Morgan fingerprint density at radius 1 is 1.11 bits per heavy atom. The molecule has 0 radical (unpaired) electrons. The van der Waals surface area contributed by atoms with Crippen molar-refractivity contribution in [3.05, 3.63) is 53.7 Å². The van der Waals surface area contributed by atoms with Gasteiger partial charge in [-0.15, -0.1) is 0 Å². The zero-order valence-electron chi connectivity index (χ0n) is 10.9. The van der Waals surface area contributed by atoms with E-state index in [4.69, 9.17) is 0 Å². The van der Waals surface area contributed by atoms with Crippen LogP contribution in [0, 0.1) is 0 Å². The van der Waals surface area contributed by atoms with E-state index < -0.39 is 0 Å². The van der Waals surface area contributed by atoms with Crippen molar-refractivity contribution in [2.75, 3.05) is 0 Å². The van der Waals surface area contributed by atoms with Crippen LogP contribution in [0.4, 0.5) is 0 Å². The number of pyridine rings is 1. The van der Waals surface area contributed by atoms with Gasteiger partial charge >= 0.3 is 0 Å². The van der Waals surface area contributed by atoms with Crippen molar-refractivity contribution in [3.63, 3.8) is 0 Å². The lowest BCUT2D eigenvalue weighted by Gasteiger charge is -2.11. The van der Waals surface area contributed by atoms with Gasteiger partial charge in [0.25, 0.3) is 0 Å². The van der Waals surface area contributed by atoms with Crippen LogP contribution in [-0.4, -0.2) is 10.8 Å². The summed E-state index contributed by atoms with van der Waals surface area (Å²) in [6.07, 6.45) is 6.87. The van der Waals surface area contributed by atoms with Crippen molar-refractivity contribution in [1.82, 2.24) is 4.98 Å². The van der Waals surface area contributed by atoms with Gasteiger partial charge in [0, 0.05) is 11.1 Å². The molecular weight excluding hydrogens is 234 g/mol. The highest BCUT2D eigenvalue weighted by atomic mass is 16.1. The number of carbonyl (C=O) groups is 1. The maximum Gasteiger partial charge on any atom is 0.164 e. The standard InChI is InChI=1S/C17H17NO/c19-17(14-7-2-1-3-8-14)12-15-11-10-13-6-4-5-9-16(13)18-15/h4-7,9-11H,1-3,8,12H2. The fourth-order valence-electron chi connectivity index (χ4n) is 2.58. The van der Waals surface area contributed by atoms with Gasteiger partial charge in [-0.2, -0.15) is 0 Å². The highest BCUT2D eigenvalue weighted by molar-refractivity contribution is 5.96. The quantitative estimate of drug-likeness (QED) is 0.829. The van der Waals surface area contributed by atoms with E-state index in [0.29, 0.717) is 6.42 Å². The number of para-hydroxylation sites is 1. The first-order valence-corrected chi connectivity index (χ1v) is 6.90. The molecule has 2 aromatic rings. The molecule has 0 spiro atoms. The molecule has 0 amide bonds. The first-order chi connectivity index (χ1) is 9.33. The predicted molar refractivity (Wildman–Crippen MR) is 77.0 cm³/mol. The van der Waals surface area contributed by atoms with Crippen LogP contribution in [0.25, 0.3) is 10.9 Å². The number of ketones is 1. The number of benzene rings is 1. The molecule has 96 valence electrons. The second-order valence-electron chi connectivity index (χ2n) is 5.07. The molecular formula is C17H17NO. The van der Waals surface area contributed by atoms with Crippen molar-refractivity contribution < 1.29 is 4.79 Å². The van der Waals surface area contributed by atoms with E-state index >= 15 is 0 Å². The van der Waals surface area contributed by atoms with Crippen LogP contribution in [-0.2, 0) is 11.2 Å². The molecule has 1 heterocycles. The highest BCUT2D eigenvalue weighted by Crippen LogP contribution is 2.20. The number of nitrogens with zero attached hydrogens (tertiary/aromatic N) is 1. The molecule has 0 bridgehead atoms. The van der Waals surface area contributed by atoms with Gasteiger partial charge in [0.2, 0.25) is 0 Å². The third-order valence-electron chi connectivity index (χ3n) is 3.65. The molecule has 1 aromatic heterocycles. The number of fused-ring (bicyclic) bond motifs is 1. The molecule has 2 nitrogen and oxygen atoms in total. The summed E-state index contributed by atoms with van der Waals surface area (Å²) in [5, 5.41) is 1.12. The molecule has 19 heavy (non-hydrogen) atoms. The predicted octanol–water partition coefficient (Wildman–Crippen LogP) is 3.85. The molecule has 3 rings (SSSR count). The van der Waals surface area contributed by atoms with Crippen LogP contribution in [0.2, 0.25) is 0 Å². The molecule has 1 aliphatic carbocycles. The minimum atomic E-state index is 0.238. The third kappa shape index (κ3) is 2.73. The van der Waals surface area contributed by atoms with Gasteiger partial charge in [-0.05, 0) is 43.4 Å². The summed E-state index contributed by atoms with van der Waals surface area (Å²) in [4.78, 5) is 16.8. The Labute approximate surface area is 113 Å². The summed E-state index contributed by atoms with van der Waals surface area (Å²) in [6, 6.07) is 12.0. The van der Waals surface area contributed by atoms with Crippen LogP contribution in [0.5, 0.6) is 0 Å². The SMILES string of the molecule is O=C(Cc1ccc2ccccc2n1)C1=CCCCC1. The van der Waals surface area contributed by atoms with Gasteiger partial charge < -0.3 is 0 Å². The maximum absolute atomic E-state index is 12.2. The number of hydrogen-bond acceptors (Lipinski definition) is 2. The zero-order chi connectivity index (χ0) is 13.1. The molecule has 1 aromatic carbocycles. The Hall–Kier alpha value is -1.96. The summed E-state index contributed by atoms with van der Waals surface area (Å²) in [5.41, 5.74) is 2.84. The Bertz CT molecular complexity index is 643. The minimum Gasteiger partial charge on any atom is -0.294 e. The second-order valence-corrected chi connectivity index (χ2v) is 5.07. The molecule has 0 unspecified atom stereocenters. The lowest BCUT2D eigenvalue weighted by Crippen LogP contribution is -2.10. The van der Waals surface area contributed by atoms with Gasteiger partial charge in [-0.1, -0.05) is 30.3 Å². The Morgan fingerprint density at radius 2 is 2.00 bits per heavy atom. The van der Waals surface area contributed by atoms with Crippen LogP contribution >= 0.6 is 0 Å². The van der Waals surface area contributed by atoms with Crippen LogP contribution in [0.1, 0.15) is 31.4 Å². The van der Waals surface area contributed by atoms with Crippen molar-refractivity contribution in [3.8, 4) is 0 Å². The van der Waals surface area contributed by atoms with Gasteiger partial charge in [0.05, 0.1) is 11.9 Å². The Balaban J connectivity index is 1.81. The van der Waals surface area contributed by atoms with Crippen molar-refractivity contribution >= 4 is 16.7 Å². The first-order valence-electron chi connectivity index (χ1n) is 6.90. The lowest BCUT2D eigenvalue weighted by atomic mass is 9.94. The lowest BCUT2D eigenvalue weighted by molar-refractivity contribution is -0.115. The smallest absolute Gasteiger partial charge is 0.164 e. The molecule has 0 atom stereocenters. The fourth-order valence-corrected chi connectivity index (χ4v) is 2.58. The largest absolute Gasteiger partial charge is 0.294 e. The summed E-state index contributed by atoms with van der Waals surface area (Å²) < 4.78 is 0. The highest BCUT2D eigenvalue weighted by Gasteiger charge is 2.13. The van der Waals surface area contributed by atoms with Gasteiger partial charge in [0.15, 0.2) is 5.78 Å². The average molecular weight is 251 g/mol. The topological polar surface area (TPSA) is 30.0 Å². The van der Waals surface area contributed by atoms with E-state index in [-0.39, 0.29) is 5.78 Å². The third-order valence-corrected chi connectivity index (χ3v) is 3.65. The number of Topliss-reactive ketones (excluding diaryl/α,β-unsaturated/α-hetero) is 1. The summed E-state index contributed by atoms with van der Waals surface area (Å²) in [6.45, 7) is 0. The van der Waals surface area contributed by atoms with Gasteiger partial charge in [0.1, 0.15) is 0 Å². The van der Waals surface area contributed by atoms with E-state index in [1.807, 2.05) is 36.4 Å². The Morgan fingerprint density at radius 3 is 2.84 bits per heavy atom. The van der Waals surface area contributed by atoms with E-state index in [1.54, 1.807) is 0 Å². The number of rotatable bonds is 3. The molecule has 0 aliphatic heterocycles. The van der Waals surface area contributed by atoms with E-state index in [2.05, 4.69) is 11.1 Å². The average Bonchev–Trinajstić information content (AvgIpc) is 2.48. The number of carbonyl (C=O) groups excluding carboxylic acids is 1. The second kappa shape index (κ2) is 5.35. The molecule has 1 aliphatic rings. The first kappa shape index (κ1) is 12.1. The maximum atomic E-state index is 12.2. The molecule has 0 saturated heterocycles. The summed E-state index contributed by atoms with van der Waals surface area (Å²) in [5.74, 6) is 0.238. The number of allylic oxidation sites excluding steroid dienone is 2. The van der Waals surface area contributed by atoms with Crippen LogP contribution in [0.15, 0.2) is 48.0 Å². The monoisotopic (exact) mass is 251 g/mol. The number of aromatic nitrogens is 1. The normalized spacial score (nSPS) is 15.3. The van der Waals surface area contributed by atoms with Crippen LogP contribution < -0.4 is 0 Å². The summed E-state index contributed by atoms with van der Waals surface area (Å²) in [7, 11) is 0. The van der Waals surface area contributed by atoms with E-state index in [9.17, 15) is 4.79 Å². The molecule has 0 saturated carbocycles. The van der Waals surface area contributed by atoms with Gasteiger partial charge in [-0.25, -0.2) is 0 Å². The van der Waals surface area contributed by atoms with Crippen LogP contribution in [0.3, 0.4) is 0 Å². The summed E-state index contributed by atoms with van der Waals surface area (Å²) >= 11 is 0. The Kier molecular flexibility index (Phi) is 3.41. The molecule has 0 fully saturated rings. The number of hydrogen-bond donors (Lipinski definition) is 0. The van der Waals surface area contributed by atoms with E-state index in [0.717, 1.165) is 41.4 Å². The molecule has 0 N–H and O–H groups in total. The minimum absolute atomic E-state index is 0.238. The zero-order valence-corrected chi connectivity index (χ0v) is 10.9. The van der Waals surface area contributed by atoms with E-state index in [1.165, 1.54) is 6.42 Å². The van der Waals surface area contributed by atoms with Gasteiger partial charge in [-0.3, -0.25) is 9.78 Å². The van der Waals surface area contributed by atoms with Crippen molar-refractivity contribution in [1.29, 1.82) is 0 Å².